The molecule has 0 fully saturated rings. The van der Waals surface area contributed by atoms with E-state index in [9.17, 15) is 15.8 Å². The molecule has 0 saturated carbocycles. The molecule has 0 bridgehead atoms. The lowest BCUT2D eigenvalue weighted by molar-refractivity contribution is 0.557. The van der Waals surface area contributed by atoms with Crippen molar-refractivity contribution >= 4 is 127 Å². The van der Waals surface area contributed by atoms with E-state index in [4.69, 9.17) is 0 Å². The van der Waals surface area contributed by atoms with Crippen LogP contribution < -0.4 is 29.4 Å². The van der Waals surface area contributed by atoms with Crippen LogP contribution in [0.25, 0.3) is 24.3 Å². The summed E-state index contributed by atoms with van der Waals surface area (Å²) in [5.41, 5.74) is 16.5. The lowest BCUT2D eigenvalue weighted by Gasteiger charge is -2.43. The van der Waals surface area contributed by atoms with Crippen LogP contribution >= 0.6 is 0 Å². The number of nitriles is 3. The standard InChI is InChI=1S/C36H28F2N4.C34H24F2N4.C34H20F2N4/c1-35(2)23-13-5-9-17-27(23)41(28-18-10-6-14-24(28)35)32-22(21-39)31(37)34(40-33(32)38)42-29-19-11-7-15-25(29)36(3,4)26-16-8-12-20-30(26)42;2*35-31-26(21-37)32(39-27-13-5-1-9-22(27)17-18-23-10-2-6-14-28(23)39)33(36)38-34(31)40-29-15-7-3-11-24(29)19-20-25-12-4-8-16-30(25)40/h5-20H,1-4H3;1-16H,17-20H2;1-20H. The Labute approximate surface area is 701 Å². The van der Waals surface area contributed by atoms with Gasteiger partial charge in [0.15, 0.2) is 34.9 Å². The number of hydrogen-bond donors (Lipinski definition) is 0. The molecule has 0 atom stereocenters. The van der Waals surface area contributed by atoms with E-state index in [2.05, 4.69) is 42.6 Å². The third kappa shape index (κ3) is 12.5. The Morgan fingerprint density at radius 2 is 0.434 bits per heavy atom. The highest BCUT2D eigenvalue weighted by atomic mass is 19.2. The fourth-order valence-electron chi connectivity index (χ4n) is 18.2. The van der Waals surface area contributed by atoms with Crippen LogP contribution in [0.3, 0.4) is 0 Å². The molecule has 12 aromatic carbocycles. The molecule has 21 rings (SSSR count). The second-order valence-corrected chi connectivity index (χ2v) is 31.4. The summed E-state index contributed by atoms with van der Waals surface area (Å²) in [6, 6.07) is 97.1. The number of fused-ring (bicyclic) bond motifs is 12. The van der Waals surface area contributed by atoms with Crippen molar-refractivity contribution in [1.29, 1.82) is 15.8 Å². The Hall–Kier alpha value is -15.6. The van der Waals surface area contributed by atoms with E-state index >= 15 is 26.3 Å². The third-order valence-electron chi connectivity index (χ3n) is 23.9. The lowest BCUT2D eigenvalue weighted by Crippen LogP contribution is -2.33. The zero-order valence-corrected chi connectivity index (χ0v) is 66.5. The van der Waals surface area contributed by atoms with Gasteiger partial charge in [-0.05, 0) is 165 Å². The second-order valence-electron chi connectivity index (χ2n) is 31.4. The fourth-order valence-corrected chi connectivity index (χ4v) is 18.2. The number of anilines is 18. The zero-order valence-electron chi connectivity index (χ0n) is 66.5. The van der Waals surface area contributed by atoms with Crippen molar-refractivity contribution in [3.63, 3.8) is 0 Å². The van der Waals surface area contributed by atoms with Crippen LogP contribution in [-0.4, -0.2) is 15.0 Å². The van der Waals surface area contributed by atoms with E-state index in [0.717, 1.165) is 104 Å². The predicted molar refractivity (Wildman–Crippen MR) is 472 cm³/mol. The van der Waals surface area contributed by atoms with E-state index < -0.39 is 51.8 Å². The predicted octanol–water partition coefficient (Wildman–Crippen LogP) is 27.0. The maximum atomic E-state index is 16.8. The van der Waals surface area contributed by atoms with Gasteiger partial charge < -0.3 is 14.7 Å². The average Bonchev–Trinajstić information content (AvgIpc) is 0.840. The van der Waals surface area contributed by atoms with Crippen LogP contribution in [0.2, 0.25) is 0 Å². The van der Waals surface area contributed by atoms with Gasteiger partial charge in [-0.2, -0.15) is 43.9 Å². The highest BCUT2D eigenvalue weighted by molar-refractivity contribution is 5.98. The van der Waals surface area contributed by atoms with Crippen LogP contribution in [0, 0.1) is 69.3 Å². The summed E-state index contributed by atoms with van der Waals surface area (Å²) in [7, 11) is 0. The van der Waals surface area contributed by atoms with Crippen molar-refractivity contribution in [2.24, 2.45) is 0 Å². The summed E-state index contributed by atoms with van der Waals surface area (Å²) >= 11 is 0. The van der Waals surface area contributed by atoms with Crippen molar-refractivity contribution < 1.29 is 26.3 Å². The smallest absolute Gasteiger partial charge is 0.240 e. The maximum Gasteiger partial charge on any atom is 0.240 e. The molecule has 12 nitrogen and oxygen atoms in total. The molecule has 18 heteroatoms. The zero-order chi connectivity index (χ0) is 83.8. The van der Waals surface area contributed by atoms with Crippen LogP contribution in [-0.2, 0) is 36.5 Å². The monoisotopic (exact) mass is 1600 g/mol. The van der Waals surface area contributed by atoms with E-state index in [1.54, 1.807) is 29.4 Å². The van der Waals surface area contributed by atoms with Crippen molar-refractivity contribution in [2.75, 3.05) is 29.4 Å². The van der Waals surface area contributed by atoms with E-state index in [0.29, 0.717) is 56.9 Å². The summed E-state index contributed by atoms with van der Waals surface area (Å²) in [4.78, 5) is 22.6. The summed E-state index contributed by atoms with van der Waals surface area (Å²) in [5.74, 6) is -6.17. The molecule has 0 N–H and O–H groups in total. The molecule has 0 aliphatic carbocycles. The van der Waals surface area contributed by atoms with Gasteiger partial charge >= 0.3 is 0 Å². The normalized spacial score (nSPS) is 14.1. The number of aromatic nitrogens is 3. The van der Waals surface area contributed by atoms with Gasteiger partial charge in [0.25, 0.3) is 0 Å². The third-order valence-corrected chi connectivity index (χ3v) is 23.9. The Kier molecular flexibility index (Phi) is 19.2. The Morgan fingerprint density at radius 3 is 0.713 bits per heavy atom. The summed E-state index contributed by atoms with van der Waals surface area (Å²) < 4.78 is 99.8. The van der Waals surface area contributed by atoms with Gasteiger partial charge in [-0.25, -0.2) is 13.2 Å². The van der Waals surface area contributed by atoms with Gasteiger partial charge in [0.1, 0.15) is 52.0 Å². The minimum Gasteiger partial charge on any atom is -0.305 e. The quantitative estimate of drug-likeness (QED) is 0.116. The first-order chi connectivity index (χ1) is 59.5. The Balaban J connectivity index is 0.000000121. The van der Waals surface area contributed by atoms with Crippen LogP contribution in [0.1, 0.15) is 111 Å². The second kappa shape index (κ2) is 30.7. The van der Waals surface area contributed by atoms with Gasteiger partial charge in [-0.1, -0.05) is 270 Å². The Bertz CT molecular complexity index is 6650. The Morgan fingerprint density at radius 1 is 0.246 bits per heavy atom. The van der Waals surface area contributed by atoms with Gasteiger partial charge in [-0.3, -0.25) is 14.7 Å². The minimum absolute atomic E-state index is 0.179. The number of halogens is 6. The summed E-state index contributed by atoms with van der Waals surface area (Å²) in [6.07, 6.45) is 10.7. The molecule has 0 spiro atoms. The first-order valence-corrected chi connectivity index (χ1v) is 40.1. The van der Waals surface area contributed by atoms with E-state index in [1.807, 2.05) is 334 Å². The molecule has 3 aromatic heterocycles. The van der Waals surface area contributed by atoms with Gasteiger partial charge in [-0.15, -0.1) is 0 Å². The van der Waals surface area contributed by atoms with Crippen molar-refractivity contribution in [3.05, 3.63) is 410 Å². The molecule has 590 valence electrons. The molecule has 0 saturated heterocycles. The van der Waals surface area contributed by atoms with Gasteiger partial charge in [0, 0.05) is 22.2 Å². The number of benzene rings is 12. The van der Waals surface area contributed by atoms with E-state index in [1.165, 1.54) is 0 Å². The molecule has 6 aliphatic heterocycles. The first kappa shape index (κ1) is 76.4. The molecular weight excluding hydrogens is 1530 g/mol. The van der Waals surface area contributed by atoms with Crippen molar-refractivity contribution in [1.82, 2.24) is 15.0 Å². The van der Waals surface area contributed by atoms with Gasteiger partial charge in [0.2, 0.25) is 17.8 Å². The van der Waals surface area contributed by atoms with E-state index in [-0.39, 0.29) is 45.5 Å². The summed E-state index contributed by atoms with van der Waals surface area (Å²) in [6.45, 7) is 8.45. The highest BCUT2D eigenvalue weighted by Crippen LogP contribution is 2.58. The number of rotatable bonds is 6. The minimum atomic E-state index is -0.952. The number of hydrogen-bond acceptors (Lipinski definition) is 12. The van der Waals surface area contributed by atoms with Crippen LogP contribution in [0.5, 0.6) is 0 Å². The molecular formula is C104H72F6N12. The number of para-hydroxylation sites is 12. The molecule has 9 heterocycles. The van der Waals surface area contributed by atoms with Gasteiger partial charge in [0.05, 0.1) is 56.9 Å². The molecule has 0 radical (unpaired) electrons. The number of aryl methyl sites for hydroxylation is 4. The molecule has 0 unspecified atom stereocenters. The largest absolute Gasteiger partial charge is 0.305 e. The number of pyridine rings is 3. The van der Waals surface area contributed by atoms with Crippen molar-refractivity contribution in [2.45, 2.75) is 64.2 Å². The average molecular weight is 1600 g/mol. The van der Waals surface area contributed by atoms with Crippen molar-refractivity contribution in [3.8, 4) is 18.2 Å². The molecule has 122 heavy (non-hydrogen) atoms. The first-order valence-electron chi connectivity index (χ1n) is 40.1. The molecule has 0 amide bonds. The topological polar surface area (TPSA) is 129 Å². The maximum absolute atomic E-state index is 16.8. The van der Waals surface area contributed by atoms with Crippen LogP contribution in [0.15, 0.2) is 291 Å². The number of nitrogens with zero attached hydrogens (tertiary/aromatic N) is 12. The summed E-state index contributed by atoms with van der Waals surface area (Å²) in [5, 5.41) is 31.1. The SMILES string of the molecule is CC1(C)c2ccccc2N(c2nc(F)c(N3c4ccccc4C(C)(C)c4ccccc43)c(C#N)c2F)c2ccccc21.N#Cc1c(F)c(N2c3ccccc3C=Cc3ccccc32)nc(F)c1N1c2ccccc2C=Cc2ccccc21.N#Cc1c(F)c(N2c3ccccc3CCc3ccccc32)nc(F)c1N1c2ccccc2CCc2ccccc21. The fraction of sp³-hybridized carbons (Fsp3) is 0.0962. The highest BCUT2D eigenvalue weighted by Gasteiger charge is 2.44. The molecule has 15 aromatic rings. The van der Waals surface area contributed by atoms with Crippen LogP contribution in [0.4, 0.5) is 129 Å². The lowest BCUT2D eigenvalue weighted by atomic mass is 9.73. The molecule has 6 aliphatic rings.